The lowest BCUT2D eigenvalue weighted by molar-refractivity contribution is 0.0975. The summed E-state index contributed by atoms with van der Waals surface area (Å²) in [5, 5.41) is 8.07. The van der Waals surface area contributed by atoms with Crippen LogP contribution in [0.2, 0.25) is 0 Å². The minimum atomic E-state index is -0.238. The van der Waals surface area contributed by atoms with Crippen LogP contribution in [0, 0.1) is 0 Å². The predicted molar refractivity (Wildman–Crippen MR) is 297 cm³/mol. The molecule has 13 aromatic rings. The Morgan fingerprint density at radius 2 is 0.623 bits per heavy atom. The third kappa shape index (κ3) is 7.14. The highest BCUT2D eigenvalue weighted by Crippen LogP contribution is 2.47. The topological polar surface area (TPSA) is 102 Å². The van der Waals surface area contributed by atoms with Gasteiger partial charge in [-0.05, 0) is 105 Å². The molecule has 0 bridgehead atoms. The summed E-state index contributed by atoms with van der Waals surface area (Å²) in [6.07, 6.45) is 5.17. The minimum absolute atomic E-state index is 0.192. The number of allylic oxidation sites excluding steroid dienone is 2. The molecular formula is C54H24O6S9. The molecule has 69 heavy (non-hydrogen) atoms. The monoisotopic (exact) mass is 1060 g/mol. The highest BCUT2D eigenvalue weighted by Gasteiger charge is 2.35. The standard InChI is InChI=1S/C36H16O4S3.C10H4O2S3.C8H4S3/c37-31-23-9-17-5-1-2-6-18(17)10-24(23)32(38)27(31)13-21-15-29-35(41-21)36-30(43-29)16-22(42-36)14-28-33(39)25-11-19-7-3-4-8-20(19)12-26(25)34(28)40;11-3-5-1-7-9(13-5)10-8(15-7)2-6(4-12)14-10;1-3-9-7-5(1)11-6-2-4-10-8(6)7/h1-16H;1-4H;1-4H. The number of rotatable bonds is 4. The van der Waals surface area contributed by atoms with Gasteiger partial charge in [0.2, 0.25) is 0 Å². The molecule has 0 amide bonds. The van der Waals surface area contributed by atoms with Crippen molar-refractivity contribution >= 4 is 228 Å². The Morgan fingerprint density at radius 1 is 0.319 bits per heavy atom. The number of ketones is 4. The summed E-state index contributed by atoms with van der Waals surface area (Å²) in [5.41, 5.74) is 2.21. The van der Waals surface area contributed by atoms with Crippen LogP contribution >= 0.6 is 102 Å². The number of benzene rings is 4. The van der Waals surface area contributed by atoms with Crippen molar-refractivity contribution in [3.8, 4) is 0 Å². The maximum absolute atomic E-state index is 13.3. The third-order valence-corrected chi connectivity index (χ3v) is 22.6. The van der Waals surface area contributed by atoms with Crippen LogP contribution in [0.1, 0.15) is 70.5 Å². The predicted octanol–water partition coefficient (Wildman–Crippen LogP) is 17.4. The fourth-order valence-corrected chi connectivity index (χ4v) is 19.9. The van der Waals surface area contributed by atoms with E-state index in [0.717, 1.165) is 91.2 Å². The van der Waals surface area contributed by atoms with Crippen LogP contribution in [0.25, 0.3) is 90.1 Å². The smallest absolute Gasteiger partial charge is 0.197 e. The molecule has 0 atom stereocenters. The Hall–Kier alpha value is -6.24. The summed E-state index contributed by atoms with van der Waals surface area (Å²) in [5.74, 6) is -0.954. The van der Waals surface area contributed by atoms with Crippen molar-refractivity contribution in [2.45, 2.75) is 0 Å². The molecule has 15 heteroatoms. The van der Waals surface area contributed by atoms with E-state index in [9.17, 15) is 28.8 Å². The molecule has 0 unspecified atom stereocenters. The van der Waals surface area contributed by atoms with Gasteiger partial charge < -0.3 is 0 Å². The molecule has 330 valence electrons. The van der Waals surface area contributed by atoms with Crippen molar-refractivity contribution in [1.82, 2.24) is 0 Å². The molecule has 0 saturated carbocycles. The molecular weight excluding hydrogens is 1030 g/mol. The van der Waals surface area contributed by atoms with E-state index in [1.807, 2.05) is 131 Å². The quantitative estimate of drug-likeness (QED) is 0.0988. The van der Waals surface area contributed by atoms with Crippen LogP contribution in [0.4, 0.5) is 0 Å². The zero-order chi connectivity index (χ0) is 46.7. The van der Waals surface area contributed by atoms with Gasteiger partial charge in [-0.25, -0.2) is 0 Å². The first kappa shape index (κ1) is 42.8. The lowest BCUT2D eigenvalue weighted by Crippen LogP contribution is -1.99. The average molecular weight is 1060 g/mol. The number of hydrogen-bond acceptors (Lipinski definition) is 15. The van der Waals surface area contributed by atoms with Crippen molar-refractivity contribution in [1.29, 1.82) is 0 Å². The second kappa shape index (κ2) is 16.7. The Bertz CT molecular complexity index is 4070. The Kier molecular flexibility index (Phi) is 10.4. The first-order valence-corrected chi connectivity index (χ1v) is 28.5. The maximum atomic E-state index is 13.3. The van der Waals surface area contributed by atoms with Gasteiger partial charge in [-0.1, -0.05) is 48.5 Å². The van der Waals surface area contributed by atoms with E-state index in [4.69, 9.17) is 0 Å². The van der Waals surface area contributed by atoms with E-state index < -0.39 is 0 Å². The first-order valence-electron chi connectivity index (χ1n) is 21.0. The van der Waals surface area contributed by atoms with Crippen molar-refractivity contribution in [2.24, 2.45) is 0 Å². The van der Waals surface area contributed by atoms with Crippen LogP contribution in [0.15, 0.2) is 131 Å². The molecule has 6 nitrogen and oxygen atoms in total. The number of aldehydes is 2. The first-order chi connectivity index (χ1) is 33.7. The van der Waals surface area contributed by atoms with Gasteiger partial charge in [0.15, 0.2) is 35.7 Å². The summed E-state index contributed by atoms with van der Waals surface area (Å²) in [6, 6.07) is 35.0. The summed E-state index contributed by atoms with van der Waals surface area (Å²) in [7, 11) is 0. The summed E-state index contributed by atoms with van der Waals surface area (Å²) in [4.78, 5) is 77.5. The van der Waals surface area contributed by atoms with Gasteiger partial charge in [0.1, 0.15) is 0 Å². The Labute approximate surface area is 425 Å². The molecule has 9 aromatic heterocycles. The largest absolute Gasteiger partial charge is 0.297 e. The van der Waals surface area contributed by atoms with Crippen molar-refractivity contribution in [2.75, 3.05) is 0 Å². The van der Waals surface area contributed by atoms with E-state index in [1.54, 1.807) is 34.8 Å². The highest BCUT2D eigenvalue weighted by molar-refractivity contribution is 7.40. The van der Waals surface area contributed by atoms with E-state index in [2.05, 4.69) is 22.9 Å². The lowest BCUT2D eigenvalue weighted by Gasteiger charge is -2.00. The van der Waals surface area contributed by atoms with Crippen LogP contribution in [-0.2, 0) is 0 Å². The van der Waals surface area contributed by atoms with Gasteiger partial charge in [0.25, 0.3) is 0 Å². The molecule has 0 aliphatic heterocycles. The molecule has 0 N–H and O–H groups in total. The van der Waals surface area contributed by atoms with Crippen molar-refractivity contribution in [3.05, 3.63) is 173 Å². The lowest BCUT2D eigenvalue weighted by atomic mass is 10.0. The van der Waals surface area contributed by atoms with E-state index in [0.29, 0.717) is 22.3 Å². The SMILES string of the molecule is O=C1C(=Cc2cc3sc4cc(C=C5C(=O)c6cc7ccccc7cc6C5=O)sc4c3s2)C(=O)c2cc3ccccc3cc21.O=Cc1cc2sc3cc(C=O)sc3c2s1.c1cc2sc3ccsc3c2s1. The molecule has 0 saturated heterocycles. The number of carbonyl (C=O) groups excluding carboxylic acids is 6. The molecule has 9 heterocycles. The molecule has 2 aliphatic rings. The van der Waals surface area contributed by atoms with Crippen molar-refractivity contribution < 1.29 is 28.8 Å². The molecule has 0 spiro atoms. The molecule has 0 radical (unpaired) electrons. The summed E-state index contributed by atoms with van der Waals surface area (Å²) in [6.45, 7) is 0. The Morgan fingerprint density at radius 3 is 0.957 bits per heavy atom. The molecule has 15 rings (SSSR count). The van der Waals surface area contributed by atoms with Gasteiger partial charge in [-0.15, -0.1) is 102 Å². The maximum Gasteiger partial charge on any atom is 0.197 e. The number of hydrogen-bond donors (Lipinski definition) is 0. The van der Waals surface area contributed by atoms with Gasteiger partial charge in [-0.3, -0.25) is 28.8 Å². The van der Waals surface area contributed by atoms with Gasteiger partial charge >= 0.3 is 0 Å². The van der Waals surface area contributed by atoms with E-state index in [-0.39, 0.29) is 34.3 Å². The van der Waals surface area contributed by atoms with Crippen molar-refractivity contribution in [3.63, 3.8) is 0 Å². The van der Waals surface area contributed by atoms with Crippen LogP contribution in [-0.4, -0.2) is 35.7 Å². The van der Waals surface area contributed by atoms with E-state index >= 15 is 0 Å². The number of carbonyl (C=O) groups is 6. The molecule has 0 fully saturated rings. The Balaban J connectivity index is 0.000000145. The van der Waals surface area contributed by atoms with Gasteiger partial charge in [0, 0.05) is 60.2 Å². The summed E-state index contributed by atoms with van der Waals surface area (Å²) < 4.78 is 14.7. The third-order valence-electron chi connectivity index (χ3n) is 11.9. The molecule has 4 aromatic carbocycles. The van der Waals surface area contributed by atoms with E-state index in [1.165, 1.54) is 64.1 Å². The highest BCUT2D eigenvalue weighted by atomic mass is 32.1. The zero-order valence-corrected chi connectivity index (χ0v) is 42.3. The molecule has 2 aliphatic carbocycles. The van der Waals surface area contributed by atoms with Crippen LogP contribution in [0.5, 0.6) is 0 Å². The van der Waals surface area contributed by atoms with Gasteiger partial charge in [0.05, 0.1) is 49.1 Å². The minimum Gasteiger partial charge on any atom is -0.297 e. The number of fused-ring (bicyclic) bond motifs is 13. The second-order valence-electron chi connectivity index (χ2n) is 16.1. The number of thiophene rings is 9. The normalized spacial score (nSPS) is 13.4. The van der Waals surface area contributed by atoms with Crippen LogP contribution in [0.3, 0.4) is 0 Å². The average Bonchev–Trinajstić information content (AvgIpc) is 4.22. The van der Waals surface area contributed by atoms with Gasteiger partial charge in [-0.2, -0.15) is 0 Å². The number of Topliss-reactive ketones (excluding diaryl/α,β-unsaturated/α-hetero) is 4. The fraction of sp³-hybridized carbons (Fsp3) is 0. The second-order valence-corrected chi connectivity index (χ2v) is 25.5. The van der Waals surface area contributed by atoms with Crippen LogP contribution < -0.4 is 0 Å². The zero-order valence-electron chi connectivity index (χ0n) is 35.0. The fourth-order valence-electron chi connectivity index (χ4n) is 8.77. The summed E-state index contributed by atoms with van der Waals surface area (Å²) >= 11 is 14.9.